The van der Waals surface area contributed by atoms with E-state index in [4.69, 9.17) is 10.7 Å². The number of hydrogen-bond acceptors (Lipinski definition) is 4. The third kappa shape index (κ3) is 1.66. The lowest BCUT2D eigenvalue weighted by Gasteiger charge is -2.19. The Hall–Kier alpha value is -1.62. The van der Waals surface area contributed by atoms with Gasteiger partial charge in [-0.3, -0.25) is 4.68 Å². The Morgan fingerprint density at radius 3 is 2.72 bits per heavy atom. The predicted octanol–water partition coefficient (Wildman–Crippen LogP) is 1.34. The molecule has 0 amide bonds. The molecule has 3 rings (SSSR count). The van der Waals surface area contributed by atoms with Gasteiger partial charge < -0.3 is 10.6 Å². The molecule has 0 spiro atoms. The highest BCUT2D eigenvalue weighted by atomic mass is 15.3. The SMILES string of the molecule is Cc1nn(C)c2nc(N3CCCC3)c(CN)cc12. The first-order chi connectivity index (χ1) is 8.70. The molecular formula is C13H19N5. The Morgan fingerprint density at radius 2 is 2.06 bits per heavy atom. The molecule has 18 heavy (non-hydrogen) atoms. The smallest absolute Gasteiger partial charge is 0.160 e. The van der Waals surface area contributed by atoms with Crippen molar-refractivity contribution in [2.45, 2.75) is 26.3 Å². The summed E-state index contributed by atoms with van der Waals surface area (Å²) in [5, 5.41) is 5.54. The Bertz CT molecular complexity index is 581. The maximum absolute atomic E-state index is 5.87. The van der Waals surface area contributed by atoms with Crippen molar-refractivity contribution >= 4 is 16.9 Å². The zero-order valence-electron chi connectivity index (χ0n) is 11.0. The van der Waals surface area contributed by atoms with E-state index in [0.717, 1.165) is 41.2 Å². The molecule has 0 atom stereocenters. The van der Waals surface area contributed by atoms with Crippen molar-refractivity contribution in [3.05, 3.63) is 17.3 Å². The molecule has 96 valence electrons. The fourth-order valence-corrected chi connectivity index (χ4v) is 2.73. The molecule has 1 aliphatic heterocycles. The van der Waals surface area contributed by atoms with Crippen molar-refractivity contribution < 1.29 is 0 Å². The number of hydrogen-bond donors (Lipinski definition) is 1. The van der Waals surface area contributed by atoms with Crippen LogP contribution in [0.2, 0.25) is 0 Å². The molecule has 2 aromatic heterocycles. The second-order valence-corrected chi connectivity index (χ2v) is 4.95. The summed E-state index contributed by atoms with van der Waals surface area (Å²) in [5.41, 5.74) is 8.96. The van der Waals surface area contributed by atoms with Gasteiger partial charge in [0.05, 0.1) is 5.69 Å². The standard InChI is InChI=1S/C13H19N5/c1-9-11-7-10(8-14)12(18-5-3-4-6-18)15-13(11)17(2)16-9/h7H,3-6,8,14H2,1-2H3. The summed E-state index contributed by atoms with van der Waals surface area (Å²) in [7, 11) is 1.94. The molecule has 5 nitrogen and oxygen atoms in total. The third-order valence-corrected chi connectivity index (χ3v) is 3.68. The molecule has 0 unspecified atom stereocenters. The summed E-state index contributed by atoms with van der Waals surface area (Å²) < 4.78 is 1.85. The normalized spacial score (nSPS) is 15.8. The van der Waals surface area contributed by atoms with Gasteiger partial charge in [-0.15, -0.1) is 0 Å². The molecule has 3 heterocycles. The quantitative estimate of drug-likeness (QED) is 0.867. The number of aryl methyl sites for hydroxylation is 2. The van der Waals surface area contributed by atoms with Crippen LogP contribution in [0.4, 0.5) is 5.82 Å². The molecule has 5 heteroatoms. The van der Waals surface area contributed by atoms with Gasteiger partial charge in [0.1, 0.15) is 5.82 Å². The van der Waals surface area contributed by atoms with Crippen molar-refractivity contribution in [1.82, 2.24) is 14.8 Å². The van der Waals surface area contributed by atoms with Gasteiger partial charge >= 0.3 is 0 Å². The molecule has 0 radical (unpaired) electrons. The second-order valence-electron chi connectivity index (χ2n) is 4.95. The van der Waals surface area contributed by atoms with E-state index in [0.29, 0.717) is 6.54 Å². The van der Waals surface area contributed by atoms with Gasteiger partial charge in [-0.25, -0.2) is 4.98 Å². The summed E-state index contributed by atoms with van der Waals surface area (Å²) in [6.07, 6.45) is 2.49. The first-order valence-electron chi connectivity index (χ1n) is 6.49. The highest BCUT2D eigenvalue weighted by Crippen LogP contribution is 2.27. The van der Waals surface area contributed by atoms with Crippen LogP contribution in [0.5, 0.6) is 0 Å². The number of pyridine rings is 1. The monoisotopic (exact) mass is 245 g/mol. The zero-order valence-corrected chi connectivity index (χ0v) is 11.0. The van der Waals surface area contributed by atoms with Gasteiger partial charge in [-0.05, 0) is 25.8 Å². The first-order valence-corrected chi connectivity index (χ1v) is 6.49. The first kappa shape index (κ1) is 11.5. The van der Waals surface area contributed by atoms with Gasteiger partial charge in [0.15, 0.2) is 5.65 Å². The van der Waals surface area contributed by atoms with Crippen molar-refractivity contribution in [2.75, 3.05) is 18.0 Å². The van der Waals surface area contributed by atoms with Gasteiger partial charge in [-0.2, -0.15) is 5.10 Å². The summed E-state index contributed by atoms with van der Waals surface area (Å²) in [6.45, 7) is 4.72. The maximum atomic E-state index is 5.87. The van der Waals surface area contributed by atoms with Crippen LogP contribution in [-0.2, 0) is 13.6 Å². The summed E-state index contributed by atoms with van der Waals surface area (Å²) in [6, 6.07) is 2.15. The van der Waals surface area contributed by atoms with E-state index in [1.807, 2.05) is 18.7 Å². The van der Waals surface area contributed by atoms with Crippen molar-refractivity contribution in [3.63, 3.8) is 0 Å². The number of aromatic nitrogens is 3. The van der Waals surface area contributed by atoms with E-state index in [2.05, 4.69) is 16.1 Å². The van der Waals surface area contributed by atoms with Crippen LogP contribution in [0, 0.1) is 6.92 Å². The lowest BCUT2D eigenvalue weighted by molar-refractivity contribution is 0.771. The van der Waals surface area contributed by atoms with Crippen LogP contribution in [-0.4, -0.2) is 27.9 Å². The molecule has 2 aromatic rings. The van der Waals surface area contributed by atoms with Gasteiger partial charge in [0, 0.05) is 37.6 Å². The molecule has 0 bridgehead atoms. The summed E-state index contributed by atoms with van der Waals surface area (Å²) in [4.78, 5) is 7.13. The number of fused-ring (bicyclic) bond motifs is 1. The predicted molar refractivity (Wildman–Crippen MR) is 72.6 cm³/mol. The molecule has 0 saturated carbocycles. The minimum atomic E-state index is 0.531. The molecule has 1 aliphatic rings. The van der Waals surface area contributed by atoms with Crippen LogP contribution >= 0.6 is 0 Å². The minimum Gasteiger partial charge on any atom is -0.356 e. The molecule has 1 fully saturated rings. The second kappa shape index (κ2) is 4.24. The third-order valence-electron chi connectivity index (χ3n) is 3.68. The summed E-state index contributed by atoms with van der Waals surface area (Å²) in [5.74, 6) is 1.05. The fraction of sp³-hybridized carbons (Fsp3) is 0.538. The van der Waals surface area contributed by atoms with Gasteiger partial charge in [-0.1, -0.05) is 0 Å². The average Bonchev–Trinajstić information content (AvgIpc) is 2.98. The van der Waals surface area contributed by atoms with Crippen molar-refractivity contribution in [2.24, 2.45) is 12.8 Å². The van der Waals surface area contributed by atoms with Crippen LogP contribution in [0.1, 0.15) is 24.1 Å². The van der Waals surface area contributed by atoms with E-state index < -0.39 is 0 Å². The van der Waals surface area contributed by atoms with Crippen molar-refractivity contribution in [3.8, 4) is 0 Å². The van der Waals surface area contributed by atoms with E-state index >= 15 is 0 Å². The lowest BCUT2D eigenvalue weighted by atomic mass is 10.2. The molecule has 0 aromatic carbocycles. The van der Waals surface area contributed by atoms with Gasteiger partial charge in [0.25, 0.3) is 0 Å². The topological polar surface area (TPSA) is 60.0 Å². The Labute approximate surface area is 107 Å². The highest BCUT2D eigenvalue weighted by molar-refractivity contribution is 5.81. The lowest BCUT2D eigenvalue weighted by Crippen LogP contribution is -2.21. The number of nitrogens with two attached hydrogens (primary N) is 1. The van der Waals surface area contributed by atoms with Crippen LogP contribution in [0.15, 0.2) is 6.07 Å². The van der Waals surface area contributed by atoms with Crippen molar-refractivity contribution in [1.29, 1.82) is 0 Å². The highest BCUT2D eigenvalue weighted by Gasteiger charge is 2.19. The van der Waals surface area contributed by atoms with Crippen LogP contribution in [0.3, 0.4) is 0 Å². The van der Waals surface area contributed by atoms with Gasteiger partial charge in [0.2, 0.25) is 0 Å². The Kier molecular flexibility index (Phi) is 2.70. The van der Waals surface area contributed by atoms with E-state index in [1.54, 1.807) is 0 Å². The van der Waals surface area contributed by atoms with Crippen LogP contribution in [0.25, 0.3) is 11.0 Å². The largest absolute Gasteiger partial charge is 0.356 e. The molecule has 1 saturated heterocycles. The average molecular weight is 245 g/mol. The molecule has 0 aliphatic carbocycles. The van der Waals surface area contributed by atoms with E-state index in [1.165, 1.54) is 12.8 Å². The Balaban J connectivity index is 2.20. The maximum Gasteiger partial charge on any atom is 0.160 e. The van der Waals surface area contributed by atoms with E-state index in [-0.39, 0.29) is 0 Å². The molecular weight excluding hydrogens is 226 g/mol. The van der Waals surface area contributed by atoms with E-state index in [9.17, 15) is 0 Å². The number of rotatable bonds is 2. The molecule has 2 N–H and O–H groups in total. The fourth-order valence-electron chi connectivity index (χ4n) is 2.73. The zero-order chi connectivity index (χ0) is 12.7. The summed E-state index contributed by atoms with van der Waals surface area (Å²) >= 11 is 0. The number of anilines is 1. The Morgan fingerprint density at radius 1 is 1.33 bits per heavy atom. The number of nitrogens with zero attached hydrogens (tertiary/aromatic N) is 4. The minimum absolute atomic E-state index is 0.531. The van der Waals surface area contributed by atoms with Crippen LogP contribution < -0.4 is 10.6 Å².